The van der Waals surface area contributed by atoms with Gasteiger partial charge in [0.05, 0.1) is 15.5 Å². The Morgan fingerprint density at radius 2 is 1.70 bits per heavy atom. The lowest BCUT2D eigenvalue weighted by Gasteiger charge is -2.10. The van der Waals surface area contributed by atoms with E-state index in [2.05, 4.69) is 10.0 Å². The maximum absolute atomic E-state index is 13.7. The Hall–Kier alpha value is -3.50. The molecule has 0 saturated carbocycles. The molecule has 1 amide bonds. The summed E-state index contributed by atoms with van der Waals surface area (Å²) in [7, 11) is -4.05. The van der Waals surface area contributed by atoms with E-state index in [4.69, 9.17) is 11.6 Å². The van der Waals surface area contributed by atoms with Crippen molar-refractivity contribution in [3.05, 3.63) is 93.2 Å². The van der Waals surface area contributed by atoms with E-state index in [0.717, 1.165) is 12.1 Å². The third kappa shape index (κ3) is 4.73. The largest absolute Gasteiger partial charge is 0.322 e. The Labute approximate surface area is 175 Å². The minimum Gasteiger partial charge on any atom is -0.322 e. The van der Waals surface area contributed by atoms with E-state index in [9.17, 15) is 27.7 Å². The summed E-state index contributed by atoms with van der Waals surface area (Å²) in [5.41, 5.74) is -0.351. The third-order valence-corrected chi connectivity index (χ3v) is 5.65. The van der Waals surface area contributed by atoms with Gasteiger partial charge in [-0.3, -0.25) is 19.6 Å². The molecule has 0 saturated heterocycles. The number of nitro groups is 1. The molecule has 0 aromatic heterocycles. The van der Waals surface area contributed by atoms with Crippen LogP contribution in [0.15, 0.2) is 71.6 Å². The third-order valence-electron chi connectivity index (χ3n) is 3.95. The van der Waals surface area contributed by atoms with E-state index in [1.807, 2.05) is 0 Å². The zero-order valence-corrected chi connectivity index (χ0v) is 16.6. The summed E-state index contributed by atoms with van der Waals surface area (Å²) >= 11 is 5.72. The van der Waals surface area contributed by atoms with Crippen LogP contribution in [0.2, 0.25) is 5.02 Å². The molecule has 0 radical (unpaired) electrons. The number of anilines is 2. The molecule has 0 bridgehead atoms. The number of rotatable bonds is 6. The quantitative estimate of drug-likeness (QED) is 0.426. The molecule has 0 heterocycles. The van der Waals surface area contributed by atoms with E-state index in [-0.39, 0.29) is 26.9 Å². The maximum atomic E-state index is 13.7. The molecule has 3 rings (SSSR count). The fourth-order valence-electron chi connectivity index (χ4n) is 2.46. The van der Waals surface area contributed by atoms with Crippen LogP contribution < -0.4 is 10.0 Å². The summed E-state index contributed by atoms with van der Waals surface area (Å²) in [6.07, 6.45) is 0. The van der Waals surface area contributed by atoms with Crippen molar-refractivity contribution in [3.63, 3.8) is 0 Å². The van der Waals surface area contributed by atoms with Crippen molar-refractivity contribution in [2.45, 2.75) is 4.90 Å². The van der Waals surface area contributed by atoms with Crippen LogP contribution in [0.25, 0.3) is 0 Å². The van der Waals surface area contributed by atoms with Gasteiger partial charge in [0.15, 0.2) is 0 Å². The van der Waals surface area contributed by atoms with Gasteiger partial charge in [-0.1, -0.05) is 23.7 Å². The summed E-state index contributed by atoms with van der Waals surface area (Å²) < 4.78 is 40.6. The number of nitrogens with zero attached hydrogens (tertiary/aromatic N) is 1. The SMILES string of the molecule is O=C(Nc1ccc(S(=O)(=O)Nc2ccccc2F)cc1)c1ccc(Cl)c([N+](=O)[O-])c1. The highest BCUT2D eigenvalue weighted by Crippen LogP contribution is 2.26. The van der Waals surface area contributed by atoms with Crippen molar-refractivity contribution < 1.29 is 22.5 Å². The number of amides is 1. The van der Waals surface area contributed by atoms with Crippen molar-refractivity contribution in [2.24, 2.45) is 0 Å². The first-order valence-electron chi connectivity index (χ1n) is 8.30. The van der Waals surface area contributed by atoms with Crippen LogP contribution in [0.1, 0.15) is 10.4 Å². The number of nitro benzene ring substituents is 1. The monoisotopic (exact) mass is 449 g/mol. The van der Waals surface area contributed by atoms with Gasteiger partial charge in [0.1, 0.15) is 10.8 Å². The summed E-state index contributed by atoms with van der Waals surface area (Å²) in [5.74, 6) is -1.36. The van der Waals surface area contributed by atoms with E-state index < -0.39 is 32.4 Å². The predicted octanol–water partition coefficient (Wildman–Crippen LogP) is 4.44. The Balaban J connectivity index is 1.76. The Bertz CT molecular complexity index is 1230. The van der Waals surface area contributed by atoms with Gasteiger partial charge in [-0.05, 0) is 48.5 Å². The number of para-hydroxylation sites is 1. The van der Waals surface area contributed by atoms with Crippen LogP contribution >= 0.6 is 11.6 Å². The van der Waals surface area contributed by atoms with Crippen LogP contribution in [0.3, 0.4) is 0 Å². The number of carbonyl (C=O) groups excluding carboxylic acids is 1. The van der Waals surface area contributed by atoms with Crippen molar-refractivity contribution in [2.75, 3.05) is 10.0 Å². The van der Waals surface area contributed by atoms with Crippen LogP contribution in [-0.4, -0.2) is 19.2 Å². The Morgan fingerprint density at radius 1 is 1.03 bits per heavy atom. The van der Waals surface area contributed by atoms with E-state index in [1.165, 1.54) is 54.6 Å². The molecule has 8 nitrogen and oxygen atoms in total. The molecule has 30 heavy (non-hydrogen) atoms. The second-order valence-corrected chi connectivity index (χ2v) is 8.08. The van der Waals surface area contributed by atoms with Gasteiger partial charge in [-0.2, -0.15) is 0 Å². The maximum Gasteiger partial charge on any atom is 0.288 e. The molecule has 11 heteroatoms. The number of halogens is 2. The van der Waals surface area contributed by atoms with Gasteiger partial charge in [0.2, 0.25) is 0 Å². The minimum absolute atomic E-state index is 0.00372. The van der Waals surface area contributed by atoms with Gasteiger partial charge in [-0.25, -0.2) is 12.8 Å². The normalized spacial score (nSPS) is 11.0. The zero-order chi connectivity index (χ0) is 21.9. The van der Waals surface area contributed by atoms with Crippen LogP contribution in [0.4, 0.5) is 21.5 Å². The Morgan fingerprint density at radius 3 is 2.33 bits per heavy atom. The second kappa shape index (κ2) is 8.47. The molecule has 0 aliphatic carbocycles. The van der Waals surface area contributed by atoms with Crippen molar-refractivity contribution in [3.8, 4) is 0 Å². The molecule has 0 spiro atoms. The number of carbonyl (C=O) groups is 1. The predicted molar refractivity (Wildman–Crippen MR) is 110 cm³/mol. The highest BCUT2D eigenvalue weighted by molar-refractivity contribution is 7.92. The summed E-state index contributed by atoms with van der Waals surface area (Å²) in [5, 5.41) is 13.3. The lowest BCUT2D eigenvalue weighted by Crippen LogP contribution is -2.15. The van der Waals surface area contributed by atoms with Crippen molar-refractivity contribution in [1.29, 1.82) is 0 Å². The molecular formula is C19H13ClFN3O5S. The summed E-state index contributed by atoms with van der Waals surface area (Å²) in [4.78, 5) is 22.4. The topological polar surface area (TPSA) is 118 Å². The van der Waals surface area contributed by atoms with Crippen LogP contribution in [0.5, 0.6) is 0 Å². The highest BCUT2D eigenvalue weighted by atomic mass is 35.5. The van der Waals surface area contributed by atoms with Crippen molar-refractivity contribution >= 4 is 44.6 Å². The van der Waals surface area contributed by atoms with Gasteiger partial charge in [0.25, 0.3) is 21.6 Å². The standard InChI is InChI=1S/C19H13ClFN3O5S/c20-15-10-5-12(11-18(15)24(26)27)19(25)22-13-6-8-14(9-7-13)30(28,29)23-17-4-2-1-3-16(17)21/h1-11,23H,(H,22,25). The van der Waals surface area contributed by atoms with Gasteiger partial charge in [0, 0.05) is 17.3 Å². The summed E-state index contributed by atoms with van der Waals surface area (Å²) in [6.45, 7) is 0. The number of nitrogens with one attached hydrogen (secondary N) is 2. The molecule has 3 aromatic carbocycles. The van der Waals surface area contributed by atoms with E-state index in [1.54, 1.807) is 0 Å². The number of hydrogen-bond donors (Lipinski definition) is 2. The Kier molecular flexibility index (Phi) is 5.99. The molecule has 154 valence electrons. The molecule has 0 aliphatic rings. The van der Waals surface area contributed by atoms with E-state index >= 15 is 0 Å². The molecule has 0 fully saturated rings. The van der Waals surface area contributed by atoms with Crippen molar-refractivity contribution in [1.82, 2.24) is 0 Å². The molecule has 2 N–H and O–H groups in total. The second-order valence-electron chi connectivity index (χ2n) is 5.99. The van der Waals surface area contributed by atoms with E-state index in [0.29, 0.717) is 0 Å². The number of benzene rings is 3. The lowest BCUT2D eigenvalue weighted by atomic mass is 10.2. The average molecular weight is 450 g/mol. The smallest absolute Gasteiger partial charge is 0.288 e. The zero-order valence-electron chi connectivity index (χ0n) is 15.0. The van der Waals surface area contributed by atoms with Gasteiger partial charge < -0.3 is 5.32 Å². The van der Waals surface area contributed by atoms with Gasteiger partial charge in [-0.15, -0.1) is 0 Å². The minimum atomic E-state index is -4.05. The molecule has 0 aliphatic heterocycles. The molecule has 3 aromatic rings. The number of hydrogen-bond acceptors (Lipinski definition) is 5. The van der Waals surface area contributed by atoms with Crippen LogP contribution in [-0.2, 0) is 10.0 Å². The fraction of sp³-hybridized carbons (Fsp3) is 0. The first-order valence-corrected chi connectivity index (χ1v) is 10.2. The number of sulfonamides is 1. The molecule has 0 unspecified atom stereocenters. The van der Waals surface area contributed by atoms with Crippen LogP contribution in [0, 0.1) is 15.9 Å². The lowest BCUT2D eigenvalue weighted by molar-refractivity contribution is -0.384. The molecular weight excluding hydrogens is 437 g/mol. The first kappa shape index (κ1) is 21.2. The fourth-order valence-corrected chi connectivity index (χ4v) is 3.72. The molecule has 0 atom stereocenters. The highest BCUT2D eigenvalue weighted by Gasteiger charge is 2.18. The van der Waals surface area contributed by atoms with Gasteiger partial charge >= 0.3 is 0 Å². The average Bonchev–Trinajstić information content (AvgIpc) is 2.70. The first-order chi connectivity index (χ1) is 14.2. The summed E-state index contributed by atoms with van der Waals surface area (Å²) in [6, 6.07) is 14.0.